The Labute approximate surface area is 148 Å². The van der Waals surface area contributed by atoms with Crippen LogP contribution in [0.15, 0.2) is 54.6 Å². The van der Waals surface area contributed by atoms with Gasteiger partial charge in [-0.15, -0.1) is 0 Å². The summed E-state index contributed by atoms with van der Waals surface area (Å²) in [6, 6.07) is 17.4. The van der Waals surface area contributed by atoms with Gasteiger partial charge in [0.1, 0.15) is 0 Å². The number of nitrogens with zero attached hydrogens (tertiary/aromatic N) is 1. The van der Waals surface area contributed by atoms with Gasteiger partial charge < -0.3 is 10.2 Å². The maximum absolute atomic E-state index is 12.7. The van der Waals surface area contributed by atoms with Crippen LogP contribution in [0.25, 0.3) is 0 Å². The summed E-state index contributed by atoms with van der Waals surface area (Å²) in [5.41, 5.74) is 2.85. The van der Waals surface area contributed by atoms with Gasteiger partial charge in [0.2, 0.25) is 11.8 Å². The second-order valence-corrected chi connectivity index (χ2v) is 6.63. The molecule has 3 rings (SSSR count). The van der Waals surface area contributed by atoms with Gasteiger partial charge in [-0.1, -0.05) is 50.2 Å². The average molecular weight is 336 g/mol. The molecule has 2 aromatic rings. The number of rotatable bonds is 5. The van der Waals surface area contributed by atoms with Crippen molar-refractivity contribution in [3.8, 4) is 0 Å². The lowest BCUT2D eigenvalue weighted by molar-refractivity contribution is -0.122. The molecule has 1 aliphatic rings. The number of hydrogen-bond acceptors (Lipinski definition) is 2. The third-order valence-electron chi connectivity index (χ3n) is 4.93. The number of para-hydroxylation sites is 2. The molecule has 2 unspecified atom stereocenters. The fraction of sp³-hybridized carbons (Fsp3) is 0.333. The maximum Gasteiger partial charge on any atom is 0.229 e. The van der Waals surface area contributed by atoms with Gasteiger partial charge in [-0.05, 0) is 36.1 Å². The second kappa shape index (κ2) is 7.51. The number of benzene rings is 2. The van der Waals surface area contributed by atoms with Gasteiger partial charge in [0, 0.05) is 24.3 Å². The summed E-state index contributed by atoms with van der Waals surface area (Å²) in [5.74, 6) is -0.0238. The predicted molar refractivity (Wildman–Crippen MR) is 101 cm³/mol. The Morgan fingerprint density at radius 3 is 2.56 bits per heavy atom. The minimum atomic E-state index is -0.322. The third-order valence-corrected chi connectivity index (χ3v) is 4.93. The summed E-state index contributed by atoms with van der Waals surface area (Å²) >= 11 is 0. The minimum Gasteiger partial charge on any atom is -0.326 e. The summed E-state index contributed by atoms with van der Waals surface area (Å²) < 4.78 is 0. The zero-order valence-corrected chi connectivity index (χ0v) is 14.7. The molecule has 2 aromatic carbocycles. The standard InChI is InChI=1S/C21H24N2O2/c1-3-15(2)18-11-7-8-12-19(18)22-21(25)16-13-20(24)23(14-16)17-9-5-4-6-10-17/h4-12,15-16H,3,13-14H2,1-2H3,(H,22,25). The third kappa shape index (κ3) is 3.73. The SMILES string of the molecule is CCC(C)c1ccccc1NC(=O)C1CC(=O)N(c2ccccc2)C1. The van der Waals surface area contributed by atoms with Crippen molar-refractivity contribution in [2.24, 2.45) is 5.92 Å². The quantitative estimate of drug-likeness (QED) is 0.890. The Balaban J connectivity index is 1.72. The molecule has 4 nitrogen and oxygen atoms in total. The van der Waals surface area contributed by atoms with E-state index in [1.165, 1.54) is 0 Å². The van der Waals surface area contributed by atoms with E-state index in [2.05, 4.69) is 25.2 Å². The van der Waals surface area contributed by atoms with Crippen LogP contribution in [0.4, 0.5) is 11.4 Å². The van der Waals surface area contributed by atoms with Gasteiger partial charge in [0.25, 0.3) is 0 Å². The molecule has 1 fully saturated rings. The molecule has 0 bridgehead atoms. The molecule has 0 radical (unpaired) electrons. The van der Waals surface area contributed by atoms with Crippen molar-refractivity contribution in [3.05, 3.63) is 60.2 Å². The van der Waals surface area contributed by atoms with Crippen LogP contribution in [-0.4, -0.2) is 18.4 Å². The van der Waals surface area contributed by atoms with Gasteiger partial charge in [-0.2, -0.15) is 0 Å². The lowest BCUT2D eigenvalue weighted by Crippen LogP contribution is -2.28. The first-order chi connectivity index (χ1) is 12.1. The van der Waals surface area contributed by atoms with Crippen LogP contribution in [-0.2, 0) is 9.59 Å². The number of anilines is 2. The Morgan fingerprint density at radius 2 is 1.84 bits per heavy atom. The first-order valence-corrected chi connectivity index (χ1v) is 8.85. The van der Waals surface area contributed by atoms with Crippen molar-refractivity contribution in [1.29, 1.82) is 0 Å². The molecule has 0 aliphatic carbocycles. The Hall–Kier alpha value is -2.62. The van der Waals surface area contributed by atoms with E-state index in [1.807, 2.05) is 48.5 Å². The van der Waals surface area contributed by atoms with Crippen molar-refractivity contribution < 1.29 is 9.59 Å². The van der Waals surface area contributed by atoms with Gasteiger partial charge in [0.05, 0.1) is 5.92 Å². The second-order valence-electron chi connectivity index (χ2n) is 6.63. The Kier molecular flexibility index (Phi) is 5.17. The summed E-state index contributed by atoms with van der Waals surface area (Å²) in [4.78, 5) is 26.7. The molecule has 2 amide bonds. The number of carbonyl (C=O) groups excluding carboxylic acids is 2. The van der Waals surface area contributed by atoms with E-state index in [4.69, 9.17) is 0 Å². The molecule has 1 heterocycles. The van der Waals surface area contributed by atoms with E-state index in [9.17, 15) is 9.59 Å². The highest BCUT2D eigenvalue weighted by Gasteiger charge is 2.35. The lowest BCUT2D eigenvalue weighted by Gasteiger charge is -2.18. The minimum absolute atomic E-state index is 0.00145. The van der Waals surface area contributed by atoms with Crippen LogP contribution >= 0.6 is 0 Å². The van der Waals surface area contributed by atoms with E-state index in [0.717, 1.165) is 23.4 Å². The fourth-order valence-corrected chi connectivity index (χ4v) is 3.24. The van der Waals surface area contributed by atoms with Crippen LogP contribution in [0.5, 0.6) is 0 Å². The van der Waals surface area contributed by atoms with Crippen LogP contribution < -0.4 is 10.2 Å². The van der Waals surface area contributed by atoms with Gasteiger partial charge in [0.15, 0.2) is 0 Å². The molecule has 1 N–H and O–H groups in total. The molecule has 0 saturated carbocycles. The maximum atomic E-state index is 12.7. The van der Waals surface area contributed by atoms with Gasteiger partial charge >= 0.3 is 0 Å². The molecule has 25 heavy (non-hydrogen) atoms. The molecule has 130 valence electrons. The smallest absolute Gasteiger partial charge is 0.229 e. The van der Waals surface area contributed by atoms with Crippen LogP contribution in [0, 0.1) is 5.92 Å². The average Bonchev–Trinajstić information content (AvgIpc) is 3.04. The predicted octanol–water partition coefficient (Wildman–Crippen LogP) is 4.19. The fourth-order valence-electron chi connectivity index (χ4n) is 3.24. The number of amides is 2. The largest absolute Gasteiger partial charge is 0.326 e. The van der Waals surface area contributed by atoms with E-state index in [1.54, 1.807) is 4.90 Å². The molecular weight excluding hydrogens is 312 g/mol. The van der Waals surface area contributed by atoms with Crippen molar-refractivity contribution >= 4 is 23.2 Å². The summed E-state index contributed by atoms with van der Waals surface area (Å²) in [7, 11) is 0. The molecule has 0 aromatic heterocycles. The van der Waals surface area contributed by atoms with Crippen molar-refractivity contribution in [1.82, 2.24) is 0 Å². The summed E-state index contributed by atoms with van der Waals surface area (Å²) in [6.45, 7) is 4.72. The monoisotopic (exact) mass is 336 g/mol. The number of hydrogen-bond donors (Lipinski definition) is 1. The first-order valence-electron chi connectivity index (χ1n) is 8.85. The van der Waals surface area contributed by atoms with Crippen LogP contribution in [0.2, 0.25) is 0 Å². The molecule has 1 saturated heterocycles. The summed E-state index contributed by atoms with van der Waals surface area (Å²) in [5, 5.41) is 3.04. The number of nitrogens with one attached hydrogen (secondary N) is 1. The Bertz CT molecular complexity index is 758. The highest BCUT2D eigenvalue weighted by molar-refractivity contribution is 6.03. The highest BCUT2D eigenvalue weighted by atomic mass is 16.2. The van der Waals surface area contributed by atoms with Crippen molar-refractivity contribution in [3.63, 3.8) is 0 Å². The van der Waals surface area contributed by atoms with Gasteiger partial charge in [-0.25, -0.2) is 0 Å². The molecule has 0 spiro atoms. The summed E-state index contributed by atoms with van der Waals surface area (Å²) in [6.07, 6.45) is 1.27. The lowest BCUT2D eigenvalue weighted by atomic mass is 9.96. The first kappa shape index (κ1) is 17.2. The van der Waals surface area contributed by atoms with Crippen molar-refractivity contribution in [2.45, 2.75) is 32.6 Å². The van der Waals surface area contributed by atoms with Crippen molar-refractivity contribution in [2.75, 3.05) is 16.8 Å². The molecular formula is C21H24N2O2. The highest BCUT2D eigenvalue weighted by Crippen LogP contribution is 2.29. The Morgan fingerprint density at radius 1 is 1.16 bits per heavy atom. The molecule has 4 heteroatoms. The normalized spacial score (nSPS) is 18.2. The zero-order valence-electron chi connectivity index (χ0n) is 14.7. The zero-order chi connectivity index (χ0) is 17.8. The number of carbonyl (C=O) groups is 2. The van der Waals surface area contributed by atoms with Crippen LogP contribution in [0.3, 0.4) is 0 Å². The van der Waals surface area contributed by atoms with E-state index >= 15 is 0 Å². The van der Waals surface area contributed by atoms with E-state index in [-0.39, 0.29) is 24.2 Å². The van der Waals surface area contributed by atoms with E-state index < -0.39 is 0 Å². The topological polar surface area (TPSA) is 49.4 Å². The molecule has 2 atom stereocenters. The van der Waals surface area contributed by atoms with Crippen LogP contribution in [0.1, 0.15) is 38.2 Å². The molecule has 1 aliphatic heterocycles. The van der Waals surface area contributed by atoms with E-state index in [0.29, 0.717) is 12.5 Å². The van der Waals surface area contributed by atoms with Gasteiger partial charge in [-0.3, -0.25) is 9.59 Å².